The van der Waals surface area contributed by atoms with Gasteiger partial charge in [-0.15, -0.1) is 0 Å². The van der Waals surface area contributed by atoms with Crippen LogP contribution in [0.3, 0.4) is 0 Å². The fraction of sp³-hybridized carbons (Fsp3) is 0.238. The molecule has 0 fully saturated rings. The molecule has 0 radical (unpaired) electrons. The number of esters is 1. The van der Waals surface area contributed by atoms with E-state index in [1.165, 1.54) is 7.11 Å². The van der Waals surface area contributed by atoms with Gasteiger partial charge in [0, 0.05) is 10.7 Å². The number of rotatable bonds is 5. The molecule has 3 rings (SSSR count). The van der Waals surface area contributed by atoms with Gasteiger partial charge in [0.15, 0.2) is 9.84 Å². The highest BCUT2D eigenvalue weighted by atomic mass is 35.5. The zero-order valence-electron chi connectivity index (χ0n) is 16.7. The van der Waals surface area contributed by atoms with Gasteiger partial charge in [-0.2, -0.15) is 0 Å². The normalized spacial score (nSPS) is 16.7. The molecule has 1 atom stereocenters. The molecule has 1 aliphatic heterocycles. The third kappa shape index (κ3) is 4.34. The molecule has 7 nitrogen and oxygen atoms in total. The summed E-state index contributed by atoms with van der Waals surface area (Å²) in [6.07, 6.45) is 0. The summed E-state index contributed by atoms with van der Waals surface area (Å²) in [6, 6.07) is 10.2. The zero-order chi connectivity index (χ0) is 22.1. The van der Waals surface area contributed by atoms with E-state index in [4.69, 9.17) is 16.3 Å². The predicted octanol–water partition coefficient (Wildman–Crippen LogP) is 3.21. The lowest BCUT2D eigenvalue weighted by molar-refractivity contribution is -0.136. The van der Waals surface area contributed by atoms with E-state index in [9.17, 15) is 18.0 Å². The Labute approximate surface area is 180 Å². The summed E-state index contributed by atoms with van der Waals surface area (Å²) >= 11 is 6.27. The average Bonchev–Trinajstić information content (AvgIpc) is 2.68. The van der Waals surface area contributed by atoms with Gasteiger partial charge in [-0.3, -0.25) is 0 Å². The summed E-state index contributed by atoms with van der Waals surface area (Å²) in [4.78, 5) is 25.1. The fourth-order valence-corrected chi connectivity index (χ4v) is 5.27. The van der Waals surface area contributed by atoms with Crippen LogP contribution in [0.4, 0.5) is 4.79 Å². The van der Waals surface area contributed by atoms with Crippen LogP contribution in [-0.2, 0) is 19.4 Å². The van der Waals surface area contributed by atoms with E-state index >= 15 is 0 Å². The minimum atomic E-state index is -3.87. The summed E-state index contributed by atoms with van der Waals surface area (Å²) in [5.74, 6) is -1.34. The molecule has 2 aromatic rings. The second kappa shape index (κ2) is 8.49. The summed E-state index contributed by atoms with van der Waals surface area (Å²) in [5.41, 5.74) is 1.75. The Kier molecular flexibility index (Phi) is 6.19. The molecule has 2 N–H and O–H groups in total. The molecule has 1 heterocycles. The number of carbonyl (C=O) groups is 2. The van der Waals surface area contributed by atoms with Gasteiger partial charge in [-0.05, 0) is 42.7 Å². The van der Waals surface area contributed by atoms with Crippen LogP contribution in [0.2, 0.25) is 5.02 Å². The molecule has 0 aliphatic carbocycles. The largest absolute Gasteiger partial charge is 0.466 e. The molecular formula is C21H21ClN2O5S. The van der Waals surface area contributed by atoms with Crippen LogP contribution in [0.25, 0.3) is 0 Å². The van der Waals surface area contributed by atoms with Gasteiger partial charge in [0.05, 0.1) is 29.4 Å². The van der Waals surface area contributed by atoms with Crippen molar-refractivity contribution in [3.05, 3.63) is 75.4 Å². The minimum absolute atomic E-state index is 0.0147. The Hall–Kier alpha value is -2.84. The lowest BCUT2D eigenvalue weighted by Crippen LogP contribution is -2.47. The second-order valence-corrected chi connectivity index (χ2v) is 9.33. The van der Waals surface area contributed by atoms with Crippen LogP contribution in [0.1, 0.15) is 22.7 Å². The Bertz CT molecular complexity index is 1160. The van der Waals surface area contributed by atoms with E-state index in [0.717, 1.165) is 5.56 Å². The van der Waals surface area contributed by atoms with E-state index in [1.54, 1.807) is 50.2 Å². The lowest BCUT2D eigenvalue weighted by atomic mass is 9.95. The van der Waals surface area contributed by atoms with Gasteiger partial charge in [0.1, 0.15) is 0 Å². The highest BCUT2D eigenvalue weighted by Crippen LogP contribution is 2.33. The molecular weight excluding hydrogens is 428 g/mol. The molecule has 158 valence electrons. The second-order valence-electron chi connectivity index (χ2n) is 6.96. The number of sulfone groups is 1. The number of methoxy groups -OCH3 is 1. The van der Waals surface area contributed by atoms with Gasteiger partial charge in [-0.1, -0.05) is 41.9 Å². The molecule has 0 bridgehead atoms. The van der Waals surface area contributed by atoms with Gasteiger partial charge in [0.2, 0.25) is 0 Å². The third-order valence-corrected chi connectivity index (χ3v) is 6.91. The van der Waals surface area contributed by atoms with Crippen LogP contribution in [-0.4, -0.2) is 33.3 Å². The van der Waals surface area contributed by atoms with Crippen molar-refractivity contribution in [1.29, 1.82) is 0 Å². The van der Waals surface area contributed by atoms with E-state index in [0.29, 0.717) is 16.1 Å². The Balaban J connectivity index is 2.15. The Morgan fingerprint density at radius 1 is 1.17 bits per heavy atom. The van der Waals surface area contributed by atoms with Crippen LogP contribution < -0.4 is 10.6 Å². The number of benzene rings is 2. The summed E-state index contributed by atoms with van der Waals surface area (Å²) in [5, 5.41) is 5.42. The first kappa shape index (κ1) is 21.9. The first-order chi connectivity index (χ1) is 14.1. The molecule has 0 spiro atoms. The van der Waals surface area contributed by atoms with E-state index < -0.39 is 33.6 Å². The van der Waals surface area contributed by atoms with Gasteiger partial charge >= 0.3 is 12.0 Å². The molecule has 0 saturated carbocycles. The van der Waals surface area contributed by atoms with E-state index in [-0.39, 0.29) is 16.2 Å². The molecule has 2 aromatic carbocycles. The van der Waals surface area contributed by atoms with Crippen molar-refractivity contribution in [3.8, 4) is 0 Å². The van der Waals surface area contributed by atoms with Crippen molar-refractivity contribution < 1.29 is 22.7 Å². The first-order valence-electron chi connectivity index (χ1n) is 9.07. The maximum Gasteiger partial charge on any atom is 0.338 e. The van der Waals surface area contributed by atoms with Gasteiger partial charge < -0.3 is 15.4 Å². The number of hydrogen-bond acceptors (Lipinski definition) is 5. The number of halogens is 1. The first-order valence-corrected chi connectivity index (χ1v) is 11.1. The maximum absolute atomic E-state index is 13.2. The average molecular weight is 449 g/mol. The van der Waals surface area contributed by atoms with E-state index in [2.05, 4.69) is 10.6 Å². The van der Waals surface area contributed by atoms with Crippen LogP contribution in [0, 0.1) is 13.8 Å². The van der Waals surface area contributed by atoms with Crippen molar-refractivity contribution in [2.24, 2.45) is 0 Å². The molecule has 0 saturated heterocycles. The summed E-state index contributed by atoms with van der Waals surface area (Å²) < 4.78 is 31.2. The highest BCUT2D eigenvalue weighted by Gasteiger charge is 2.36. The van der Waals surface area contributed by atoms with Crippen LogP contribution >= 0.6 is 11.6 Å². The van der Waals surface area contributed by atoms with Crippen molar-refractivity contribution >= 4 is 33.4 Å². The highest BCUT2D eigenvalue weighted by molar-refractivity contribution is 7.91. The molecule has 0 aromatic heterocycles. The Morgan fingerprint density at radius 2 is 1.87 bits per heavy atom. The fourth-order valence-electron chi connectivity index (χ4n) is 3.34. The summed E-state index contributed by atoms with van der Waals surface area (Å²) in [7, 11) is -2.68. The quantitative estimate of drug-likeness (QED) is 0.684. The third-order valence-electron chi connectivity index (χ3n) is 4.79. The number of carbonyl (C=O) groups excluding carboxylic acids is 2. The van der Waals surface area contributed by atoms with Crippen molar-refractivity contribution in [3.63, 3.8) is 0 Å². The zero-order valence-corrected chi connectivity index (χ0v) is 18.2. The topological polar surface area (TPSA) is 102 Å². The number of aryl methyl sites for hydroxylation is 2. The standard InChI is InChI=1S/C21H21ClN2O5S/c1-12-8-9-13(2)17(10-12)30(27,28)11-16-18(20(25)29-3)19(24-21(26)23-16)14-6-4-5-7-15(14)22/h4-10,19H,11H2,1-3H3,(H2,23,24,26). The van der Waals surface area contributed by atoms with E-state index in [1.807, 2.05) is 6.07 Å². The number of amides is 2. The minimum Gasteiger partial charge on any atom is -0.466 e. The maximum atomic E-state index is 13.2. The number of nitrogens with one attached hydrogen (secondary N) is 2. The molecule has 1 unspecified atom stereocenters. The molecule has 9 heteroatoms. The lowest BCUT2D eigenvalue weighted by Gasteiger charge is -2.29. The number of urea groups is 1. The van der Waals surface area contributed by atoms with Crippen LogP contribution in [0.5, 0.6) is 0 Å². The smallest absolute Gasteiger partial charge is 0.338 e. The monoisotopic (exact) mass is 448 g/mol. The summed E-state index contributed by atoms with van der Waals surface area (Å²) in [6.45, 7) is 3.48. The van der Waals surface area contributed by atoms with Crippen molar-refractivity contribution in [1.82, 2.24) is 10.6 Å². The predicted molar refractivity (Wildman–Crippen MR) is 113 cm³/mol. The molecule has 1 aliphatic rings. The molecule has 30 heavy (non-hydrogen) atoms. The van der Waals surface area contributed by atoms with Gasteiger partial charge in [-0.25, -0.2) is 18.0 Å². The van der Waals surface area contributed by atoms with Crippen molar-refractivity contribution in [2.75, 3.05) is 12.9 Å². The van der Waals surface area contributed by atoms with Gasteiger partial charge in [0.25, 0.3) is 0 Å². The van der Waals surface area contributed by atoms with Crippen molar-refractivity contribution in [2.45, 2.75) is 24.8 Å². The Morgan fingerprint density at radius 3 is 2.53 bits per heavy atom. The number of hydrogen-bond donors (Lipinski definition) is 2. The SMILES string of the molecule is COC(=O)C1=C(CS(=O)(=O)c2cc(C)ccc2C)NC(=O)NC1c1ccccc1Cl. The molecule has 2 amide bonds. The number of ether oxygens (including phenoxy) is 1. The van der Waals surface area contributed by atoms with Crippen LogP contribution in [0.15, 0.2) is 58.6 Å².